The van der Waals surface area contributed by atoms with Crippen LogP contribution < -0.4 is 0 Å². The molecular formula is C25H29ClN2O2S. The predicted octanol–water partition coefficient (Wildman–Crippen LogP) is 5.46. The molecular weight excluding hydrogens is 428 g/mol. The molecule has 0 aromatic heterocycles. The molecule has 2 aliphatic heterocycles. The van der Waals surface area contributed by atoms with E-state index in [0.29, 0.717) is 23.7 Å². The lowest BCUT2D eigenvalue weighted by Gasteiger charge is -2.44. The largest absolute Gasteiger partial charge is 0.338 e. The minimum atomic E-state index is -0.230. The van der Waals surface area contributed by atoms with Gasteiger partial charge in [0.1, 0.15) is 0 Å². The van der Waals surface area contributed by atoms with Crippen molar-refractivity contribution < 1.29 is 9.59 Å². The number of piperidine rings is 1. The van der Waals surface area contributed by atoms with E-state index in [9.17, 15) is 9.59 Å². The Bertz CT molecular complexity index is 976. The molecule has 0 unspecified atom stereocenters. The van der Waals surface area contributed by atoms with Gasteiger partial charge in [0.15, 0.2) is 0 Å². The van der Waals surface area contributed by atoms with Crippen LogP contribution in [0.5, 0.6) is 0 Å². The fraction of sp³-hybridized carbons (Fsp3) is 0.440. The van der Waals surface area contributed by atoms with Gasteiger partial charge in [0, 0.05) is 41.5 Å². The Hall–Kier alpha value is -1.98. The number of carbonyl (C=O) groups excluding carboxylic acids is 2. The Kier molecular flexibility index (Phi) is 6.10. The van der Waals surface area contributed by atoms with E-state index < -0.39 is 0 Å². The van der Waals surface area contributed by atoms with Crippen LogP contribution >= 0.6 is 23.4 Å². The van der Waals surface area contributed by atoms with Gasteiger partial charge in [-0.2, -0.15) is 0 Å². The molecule has 2 aliphatic rings. The standard InChI is InChI=1S/C25H29ClN2O2S/c1-24(2,3)20-9-7-18(8-10-20)22(29)27-13-11-25(12-14-27)28(15-16-31-25)23(30)19-5-4-6-21(26)17-19/h4-10,17H,11-16H2,1-3H3. The maximum absolute atomic E-state index is 13.2. The van der Waals surface area contributed by atoms with Gasteiger partial charge in [0.25, 0.3) is 11.8 Å². The van der Waals surface area contributed by atoms with E-state index in [2.05, 4.69) is 32.9 Å². The molecule has 0 bridgehead atoms. The number of likely N-dealkylation sites (tertiary alicyclic amines) is 1. The molecule has 2 heterocycles. The van der Waals surface area contributed by atoms with Crippen molar-refractivity contribution in [3.05, 3.63) is 70.2 Å². The van der Waals surface area contributed by atoms with Crippen LogP contribution in [-0.4, -0.2) is 51.9 Å². The van der Waals surface area contributed by atoms with Crippen LogP contribution in [-0.2, 0) is 5.41 Å². The van der Waals surface area contributed by atoms with Gasteiger partial charge in [-0.1, -0.05) is 50.6 Å². The average Bonchev–Trinajstić information content (AvgIpc) is 3.15. The minimum absolute atomic E-state index is 0.0324. The summed E-state index contributed by atoms with van der Waals surface area (Å²) in [5.74, 6) is 1.03. The SMILES string of the molecule is CC(C)(C)c1ccc(C(=O)N2CCC3(CC2)SCCN3C(=O)c2cccc(Cl)c2)cc1. The molecule has 2 saturated heterocycles. The average molecular weight is 457 g/mol. The lowest BCUT2D eigenvalue weighted by Crippen LogP contribution is -2.53. The summed E-state index contributed by atoms with van der Waals surface area (Å²) in [6.07, 6.45) is 1.57. The highest BCUT2D eigenvalue weighted by atomic mass is 35.5. The van der Waals surface area contributed by atoms with Gasteiger partial charge in [0.05, 0.1) is 4.87 Å². The lowest BCUT2D eigenvalue weighted by molar-refractivity contribution is 0.0498. The van der Waals surface area contributed by atoms with Gasteiger partial charge >= 0.3 is 0 Å². The Morgan fingerprint density at radius 2 is 1.61 bits per heavy atom. The first-order valence-electron chi connectivity index (χ1n) is 10.8. The van der Waals surface area contributed by atoms with E-state index in [-0.39, 0.29) is 22.1 Å². The van der Waals surface area contributed by atoms with Crippen LogP contribution in [0.4, 0.5) is 0 Å². The van der Waals surface area contributed by atoms with E-state index in [1.54, 1.807) is 12.1 Å². The smallest absolute Gasteiger partial charge is 0.255 e. The third-order valence-electron chi connectivity index (χ3n) is 6.32. The zero-order valence-corrected chi connectivity index (χ0v) is 19.9. The van der Waals surface area contributed by atoms with Crippen LogP contribution in [0.3, 0.4) is 0 Å². The normalized spacial score (nSPS) is 18.5. The monoisotopic (exact) mass is 456 g/mol. The molecule has 164 valence electrons. The second-order valence-corrected chi connectivity index (χ2v) is 11.3. The Labute approximate surface area is 193 Å². The van der Waals surface area contributed by atoms with Crippen molar-refractivity contribution in [1.29, 1.82) is 0 Å². The Balaban J connectivity index is 1.44. The molecule has 0 N–H and O–H groups in total. The first-order chi connectivity index (χ1) is 14.7. The second kappa shape index (κ2) is 8.51. The highest BCUT2D eigenvalue weighted by Gasteiger charge is 2.47. The molecule has 0 saturated carbocycles. The number of rotatable bonds is 2. The topological polar surface area (TPSA) is 40.6 Å². The molecule has 4 rings (SSSR count). The molecule has 0 radical (unpaired) electrons. The first-order valence-corrected chi connectivity index (χ1v) is 12.2. The van der Waals surface area contributed by atoms with Gasteiger partial charge in [-0.15, -0.1) is 11.8 Å². The molecule has 31 heavy (non-hydrogen) atoms. The minimum Gasteiger partial charge on any atom is -0.338 e. The van der Waals surface area contributed by atoms with Crippen molar-refractivity contribution in [2.75, 3.05) is 25.4 Å². The summed E-state index contributed by atoms with van der Waals surface area (Å²) in [6.45, 7) is 8.56. The second-order valence-electron chi connectivity index (χ2n) is 9.38. The number of carbonyl (C=O) groups is 2. The molecule has 2 amide bonds. The van der Waals surface area contributed by atoms with Crippen molar-refractivity contribution in [2.24, 2.45) is 0 Å². The van der Waals surface area contributed by atoms with E-state index in [0.717, 1.165) is 30.7 Å². The van der Waals surface area contributed by atoms with Crippen LogP contribution in [0, 0.1) is 0 Å². The van der Waals surface area contributed by atoms with E-state index >= 15 is 0 Å². The zero-order chi connectivity index (χ0) is 22.2. The number of hydrogen-bond donors (Lipinski definition) is 0. The van der Waals surface area contributed by atoms with Gasteiger partial charge < -0.3 is 9.80 Å². The van der Waals surface area contributed by atoms with Crippen molar-refractivity contribution in [1.82, 2.24) is 9.80 Å². The van der Waals surface area contributed by atoms with Crippen LogP contribution in [0.25, 0.3) is 0 Å². The van der Waals surface area contributed by atoms with Gasteiger partial charge in [-0.3, -0.25) is 9.59 Å². The number of nitrogens with zero attached hydrogens (tertiary/aromatic N) is 2. The summed E-state index contributed by atoms with van der Waals surface area (Å²) in [5.41, 5.74) is 2.65. The Morgan fingerprint density at radius 3 is 2.23 bits per heavy atom. The van der Waals surface area contributed by atoms with Crippen LogP contribution in [0.1, 0.15) is 59.9 Å². The molecule has 0 atom stereocenters. The number of benzene rings is 2. The summed E-state index contributed by atoms with van der Waals surface area (Å²) in [7, 11) is 0. The quantitative estimate of drug-likeness (QED) is 0.602. The molecule has 0 aliphatic carbocycles. The van der Waals surface area contributed by atoms with Crippen molar-refractivity contribution in [2.45, 2.75) is 43.9 Å². The molecule has 2 aromatic rings. The van der Waals surface area contributed by atoms with Crippen molar-refractivity contribution in [3.63, 3.8) is 0 Å². The van der Waals surface area contributed by atoms with Gasteiger partial charge in [-0.25, -0.2) is 0 Å². The highest BCUT2D eigenvalue weighted by molar-refractivity contribution is 8.00. The Morgan fingerprint density at radius 1 is 0.935 bits per heavy atom. The van der Waals surface area contributed by atoms with Crippen molar-refractivity contribution >= 4 is 35.2 Å². The molecule has 6 heteroatoms. The van der Waals surface area contributed by atoms with Crippen LogP contribution in [0.2, 0.25) is 5.02 Å². The maximum Gasteiger partial charge on any atom is 0.255 e. The predicted molar refractivity (Wildman–Crippen MR) is 128 cm³/mol. The third kappa shape index (κ3) is 4.49. The number of thioether (sulfide) groups is 1. The van der Waals surface area contributed by atoms with Gasteiger partial charge in [-0.05, 0) is 54.2 Å². The number of halogens is 1. The maximum atomic E-state index is 13.2. The number of hydrogen-bond acceptors (Lipinski definition) is 3. The van der Waals surface area contributed by atoms with E-state index in [4.69, 9.17) is 11.6 Å². The zero-order valence-electron chi connectivity index (χ0n) is 18.4. The summed E-state index contributed by atoms with van der Waals surface area (Å²) in [6, 6.07) is 15.1. The summed E-state index contributed by atoms with van der Waals surface area (Å²) in [5, 5.41) is 0.574. The third-order valence-corrected chi connectivity index (χ3v) is 8.11. The highest BCUT2D eigenvalue weighted by Crippen LogP contribution is 2.44. The molecule has 1 spiro atoms. The van der Waals surface area contributed by atoms with Crippen LogP contribution in [0.15, 0.2) is 48.5 Å². The molecule has 2 aromatic carbocycles. The van der Waals surface area contributed by atoms with E-state index in [1.807, 2.05) is 45.8 Å². The first kappa shape index (κ1) is 22.2. The summed E-state index contributed by atoms with van der Waals surface area (Å²) < 4.78 is 0. The molecule has 2 fully saturated rings. The fourth-order valence-corrected chi connectivity index (χ4v) is 6.09. The summed E-state index contributed by atoms with van der Waals surface area (Å²) >= 11 is 7.95. The lowest BCUT2D eigenvalue weighted by atomic mass is 9.86. The van der Waals surface area contributed by atoms with Gasteiger partial charge in [0.2, 0.25) is 0 Å². The summed E-state index contributed by atoms with van der Waals surface area (Å²) in [4.78, 5) is 30.0. The molecule has 4 nitrogen and oxygen atoms in total. The van der Waals surface area contributed by atoms with Crippen molar-refractivity contribution in [3.8, 4) is 0 Å². The van der Waals surface area contributed by atoms with E-state index in [1.165, 1.54) is 5.56 Å². The number of amides is 2. The fourth-order valence-electron chi connectivity index (χ4n) is 4.44.